The Morgan fingerprint density at radius 2 is 2.27 bits per heavy atom. The maximum absolute atomic E-state index is 10.9. The van der Waals surface area contributed by atoms with E-state index in [4.69, 9.17) is 5.11 Å². The molecule has 0 aliphatic rings. The Morgan fingerprint density at radius 1 is 1.60 bits per heavy atom. The molecule has 1 aromatic heterocycles. The summed E-state index contributed by atoms with van der Waals surface area (Å²) in [4.78, 5) is 10.9. The van der Waals surface area contributed by atoms with Gasteiger partial charge in [0.15, 0.2) is 0 Å². The van der Waals surface area contributed by atoms with Crippen molar-refractivity contribution in [1.82, 2.24) is 9.88 Å². The molecule has 2 N–H and O–H groups in total. The number of nitrogens with zero attached hydrogens (tertiary/aromatic N) is 1. The van der Waals surface area contributed by atoms with E-state index in [0.29, 0.717) is 6.54 Å². The Kier molecular flexibility index (Phi) is 3.52. The second-order valence-corrected chi connectivity index (χ2v) is 4.41. The Balaban J connectivity index is 2.68. The quantitative estimate of drug-likeness (QED) is 0.770. The van der Waals surface area contributed by atoms with Crippen LogP contribution in [0.15, 0.2) is 18.5 Å². The van der Waals surface area contributed by atoms with Crippen molar-refractivity contribution in [2.24, 2.45) is 5.41 Å². The van der Waals surface area contributed by atoms with Crippen LogP contribution in [0.25, 0.3) is 0 Å². The maximum atomic E-state index is 10.9. The van der Waals surface area contributed by atoms with Crippen LogP contribution in [0.2, 0.25) is 0 Å². The standard InChI is InChI=1S/C11H18N2O2/c1-11(2,10(14)15)8-13-5-4-9(7-13)6-12-3/h4-5,7,12H,6,8H2,1-3H3,(H,14,15). The zero-order valence-electron chi connectivity index (χ0n) is 9.45. The maximum Gasteiger partial charge on any atom is 0.310 e. The first kappa shape index (κ1) is 11.8. The Morgan fingerprint density at radius 3 is 2.80 bits per heavy atom. The number of rotatable bonds is 5. The summed E-state index contributed by atoms with van der Waals surface area (Å²) >= 11 is 0. The first-order chi connectivity index (χ1) is 6.95. The summed E-state index contributed by atoms with van der Waals surface area (Å²) in [5.41, 5.74) is 0.439. The molecule has 0 fully saturated rings. The van der Waals surface area contributed by atoms with Gasteiger partial charge in [-0.1, -0.05) is 0 Å². The third-order valence-electron chi connectivity index (χ3n) is 2.35. The van der Waals surface area contributed by atoms with Gasteiger partial charge in [0.2, 0.25) is 0 Å². The molecule has 0 atom stereocenters. The number of hydrogen-bond donors (Lipinski definition) is 2. The third kappa shape index (κ3) is 3.09. The molecule has 15 heavy (non-hydrogen) atoms. The van der Waals surface area contributed by atoms with Crippen molar-refractivity contribution in [2.45, 2.75) is 26.9 Å². The van der Waals surface area contributed by atoms with Crippen molar-refractivity contribution in [3.05, 3.63) is 24.0 Å². The molecule has 0 aliphatic heterocycles. The molecule has 1 heterocycles. The fourth-order valence-corrected chi connectivity index (χ4v) is 1.42. The highest BCUT2D eigenvalue weighted by molar-refractivity contribution is 5.73. The SMILES string of the molecule is CNCc1ccn(CC(C)(C)C(=O)O)c1. The normalized spacial score (nSPS) is 11.7. The lowest BCUT2D eigenvalue weighted by Gasteiger charge is -2.19. The van der Waals surface area contributed by atoms with Crippen LogP contribution in [0.4, 0.5) is 0 Å². The minimum atomic E-state index is -0.772. The van der Waals surface area contributed by atoms with Crippen LogP contribution >= 0.6 is 0 Å². The molecule has 0 amide bonds. The molecule has 1 aromatic rings. The van der Waals surface area contributed by atoms with Gasteiger partial charge in [-0.3, -0.25) is 4.79 Å². The van der Waals surface area contributed by atoms with Gasteiger partial charge < -0.3 is 15.0 Å². The van der Waals surface area contributed by atoms with Crippen molar-refractivity contribution < 1.29 is 9.90 Å². The van der Waals surface area contributed by atoms with Crippen molar-refractivity contribution in [1.29, 1.82) is 0 Å². The molecule has 0 aliphatic carbocycles. The van der Waals surface area contributed by atoms with Crippen molar-refractivity contribution in [3.63, 3.8) is 0 Å². The molecular formula is C11H18N2O2. The fourth-order valence-electron chi connectivity index (χ4n) is 1.42. The number of hydrogen-bond acceptors (Lipinski definition) is 2. The minimum Gasteiger partial charge on any atom is -0.481 e. The van der Waals surface area contributed by atoms with E-state index >= 15 is 0 Å². The molecule has 0 saturated carbocycles. The van der Waals surface area contributed by atoms with E-state index < -0.39 is 11.4 Å². The zero-order valence-corrected chi connectivity index (χ0v) is 9.45. The monoisotopic (exact) mass is 210 g/mol. The summed E-state index contributed by atoms with van der Waals surface area (Å²) in [6.07, 6.45) is 3.89. The Hall–Kier alpha value is -1.29. The van der Waals surface area contributed by atoms with Gasteiger partial charge in [0.25, 0.3) is 0 Å². The third-order valence-corrected chi connectivity index (χ3v) is 2.35. The van der Waals surface area contributed by atoms with E-state index in [1.807, 2.05) is 30.1 Å². The van der Waals surface area contributed by atoms with Crippen molar-refractivity contribution in [2.75, 3.05) is 7.05 Å². The van der Waals surface area contributed by atoms with Crippen molar-refractivity contribution in [3.8, 4) is 0 Å². The average Bonchev–Trinajstić information content (AvgIpc) is 2.52. The van der Waals surface area contributed by atoms with Crippen LogP contribution < -0.4 is 5.32 Å². The molecule has 84 valence electrons. The minimum absolute atomic E-state index is 0.492. The molecule has 0 bridgehead atoms. The largest absolute Gasteiger partial charge is 0.481 e. The highest BCUT2D eigenvalue weighted by Crippen LogP contribution is 2.18. The average molecular weight is 210 g/mol. The molecule has 0 aromatic carbocycles. The lowest BCUT2D eigenvalue weighted by Crippen LogP contribution is -2.28. The van der Waals surface area contributed by atoms with Gasteiger partial charge in [0.1, 0.15) is 0 Å². The summed E-state index contributed by atoms with van der Waals surface area (Å²) in [6, 6.07) is 1.99. The van der Waals surface area contributed by atoms with Crippen LogP contribution in [0.1, 0.15) is 19.4 Å². The summed E-state index contributed by atoms with van der Waals surface area (Å²) < 4.78 is 1.92. The van der Waals surface area contributed by atoms with Gasteiger partial charge in [-0.15, -0.1) is 0 Å². The first-order valence-corrected chi connectivity index (χ1v) is 4.98. The molecule has 1 rings (SSSR count). The summed E-state index contributed by atoms with van der Waals surface area (Å²) in [5.74, 6) is -0.772. The van der Waals surface area contributed by atoms with Crippen LogP contribution in [-0.2, 0) is 17.9 Å². The predicted molar refractivity (Wildman–Crippen MR) is 58.6 cm³/mol. The first-order valence-electron chi connectivity index (χ1n) is 4.98. The molecular weight excluding hydrogens is 192 g/mol. The van der Waals surface area contributed by atoms with E-state index in [2.05, 4.69) is 5.32 Å². The topological polar surface area (TPSA) is 54.3 Å². The lowest BCUT2D eigenvalue weighted by molar-refractivity contribution is -0.147. The molecule has 4 nitrogen and oxygen atoms in total. The number of carbonyl (C=O) groups is 1. The van der Waals surface area contributed by atoms with Gasteiger partial charge in [-0.05, 0) is 32.5 Å². The number of aliphatic carboxylic acids is 1. The van der Waals surface area contributed by atoms with E-state index in [-0.39, 0.29) is 0 Å². The van der Waals surface area contributed by atoms with Gasteiger partial charge in [0.05, 0.1) is 5.41 Å². The van der Waals surface area contributed by atoms with Crippen molar-refractivity contribution >= 4 is 5.97 Å². The molecule has 4 heteroatoms. The van der Waals surface area contributed by atoms with Crippen LogP contribution in [0, 0.1) is 5.41 Å². The summed E-state index contributed by atoms with van der Waals surface area (Å²) in [7, 11) is 1.89. The summed E-state index contributed by atoms with van der Waals surface area (Å²) in [5, 5.41) is 12.0. The molecule has 0 unspecified atom stereocenters. The number of carboxylic acid groups (broad SMARTS) is 1. The number of nitrogens with one attached hydrogen (secondary N) is 1. The zero-order chi connectivity index (χ0) is 11.5. The van der Waals surface area contributed by atoms with E-state index in [0.717, 1.165) is 6.54 Å². The second kappa shape index (κ2) is 4.49. The van der Waals surface area contributed by atoms with E-state index in [1.54, 1.807) is 13.8 Å². The highest BCUT2D eigenvalue weighted by Gasteiger charge is 2.27. The molecule has 0 spiro atoms. The number of aromatic nitrogens is 1. The second-order valence-electron chi connectivity index (χ2n) is 4.41. The predicted octanol–water partition coefficient (Wildman–Crippen LogP) is 1.32. The van der Waals surface area contributed by atoms with Crippen LogP contribution in [0.3, 0.4) is 0 Å². The smallest absolute Gasteiger partial charge is 0.310 e. The lowest BCUT2D eigenvalue weighted by atomic mass is 9.94. The van der Waals surface area contributed by atoms with Gasteiger partial charge in [-0.25, -0.2) is 0 Å². The molecule has 0 radical (unpaired) electrons. The highest BCUT2D eigenvalue weighted by atomic mass is 16.4. The van der Waals surface area contributed by atoms with E-state index in [1.165, 1.54) is 5.56 Å². The summed E-state index contributed by atoms with van der Waals surface area (Å²) in [6.45, 7) is 4.76. The number of carboxylic acids is 1. The molecule has 0 saturated heterocycles. The van der Waals surface area contributed by atoms with Crippen LogP contribution in [0.5, 0.6) is 0 Å². The Bertz CT molecular complexity index is 342. The Labute approximate surface area is 89.9 Å². The van der Waals surface area contributed by atoms with Gasteiger partial charge in [-0.2, -0.15) is 0 Å². The van der Waals surface area contributed by atoms with Gasteiger partial charge in [0, 0.05) is 25.5 Å². The fraction of sp³-hybridized carbons (Fsp3) is 0.545. The van der Waals surface area contributed by atoms with Crippen LogP contribution in [-0.4, -0.2) is 22.7 Å². The van der Waals surface area contributed by atoms with Gasteiger partial charge >= 0.3 is 5.97 Å². The van der Waals surface area contributed by atoms with E-state index in [9.17, 15) is 4.79 Å².